The van der Waals surface area contributed by atoms with Crippen LogP contribution >= 0.6 is 0 Å². The molecule has 0 aromatic heterocycles. The number of Topliss-reactive ketones (excluding diaryl/α,β-unsaturated/α-hetero) is 1. The lowest BCUT2D eigenvalue weighted by Gasteiger charge is -2.31. The van der Waals surface area contributed by atoms with Crippen LogP contribution in [-0.4, -0.2) is 17.0 Å². The van der Waals surface area contributed by atoms with Crippen molar-refractivity contribution >= 4 is 5.78 Å². The summed E-state index contributed by atoms with van der Waals surface area (Å²) in [5.74, 6) is 0.0744. The number of ketones is 1. The predicted octanol–water partition coefficient (Wildman–Crippen LogP) is 2.88. The van der Waals surface area contributed by atoms with Gasteiger partial charge in [-0.05, 0) is 23.0 Å². The number of aliphatic hydroxyl groups is 1. The molecule has 2 nitrogen and oxygen atoms in total. The van der Waals surface area contributed by atoms with E-state index in [4.69, 9.17) is 0 Å². The van der Waals surface area contributed by atoms with Gasteiger partial charge in [-0.25, -0.2) is 0 Å². The molecule has 0 bridgehead atoms. The molecule has 0 heterocycles. The topological polar surface area (TPSA) is 37.3 Å². The van der Waals surface area contributed by atoms with Gasteiger partial charge in [0.15, 0.2) is 5.78 Å². The van der Waals surface area contributed by atoms with E-state index in [-0.39, 0.29) is 16.6 Å². The minimum Gasteiger partial charge on any atom is -0.385 e. The largest absolute Gasteiger partial charge is 0.385 e. The van der Waals surface area contributed by atoms with Gasteiger partial charge in [0.25, 0.3) is 0 Å². The van der Waals surface area contributed by atoms with Crippen LogP contribution in [0.15, 0.2) is 23.3 Å². The first-order chi connectivity index (χ1) is 7.03. The lowest BCUT2D eigenvalue weighted by Crippen LogP contribution is -2.30. The maximum atomic E-state index is 12.3. The maximum Gasteiger partial charge on any atom is 0.185 e. The molecule has 0 unspecified atom stereocenters. The zero-order valence-electron chi connectivity index (χ0n) is 11.1. The molecule has 1 aliphatic carbocycles. The fourth-order valence-electron chi connectivity index (χ4n) is 1.87. The number of rotatable bonds is 0. The summed E-state index contributed by atoms with van der Waals surface area (Å²) in [5.41, 5.74) is 0.992. The van der Waals surface area contributed by atoms with Crippen LogP contribution in [0.5, 0.6) is 0 Å². The third kappa shape index (κ3) is 2.62. The lowest BCUT2D eigenvalue weighted by molar-refractivity contribution is -0.114. The second-order valence-electron chi connectivity index (χ2n) is 6.48. The summed E-state index contributed by atoms with van der Waals surface area (Å²) < 4.78 is 0. The number of aliphatic hydroxyl groups excluding tert-OH is 1. The fraction of sp³-hybridized carbons (Fsp3) is 0.643. The first-order valence-electron chi connectivity index (χ1n) is 5.71. The highest BCUT2D eigenvalue weighted by Gasteiger charge is 2.34. The molecule has 0 aromatic rings. The highest BCUT2D eigenvalue weighted by Crippen LogP contribution is 2.37. The van der Waals surface area contributed by atoms with Crippen molar-refractivity contribution in [2.45, 2.75) is 47.6 Å². The Hall–Kier alpha value is -0.890. The van der Waals surface area contributed by atoms with E-state index in [1.165, 1.54) is 0 Å². The Bertz CT molecular complexity index is 325. The lowest BCUT2D eigenvalue weighted by atomic mass is 9.72. The molecule has 1 rings (SSSR count). The van der Waals surface area contributed by atoms with Crippen molar-refractivity contribution in [2.24, 2.45) is 10.8 Å². The van der Waals surface area contributed by atoms with Gasteiger partial charge >= 0.3 is 0 Å². The summed E-state index contributed by atoms with van der Waals surface area (Å²) in [7, 11) is 0. The number of hydrogen-bond acceptors (Lipinski definition) is 2. The molecule has 1 aliphatic rings. The highest BCUT2D eigenvalue weighted by atomic mass is 16.3. The molecule has 0 saturated carbocycles. The Morgan fingerprint density at radius 2 is 1.25 bits per heavy atom. The van der Waals surface area contributed by atoms with Gasteiger partial charge < -0.3 is 5.11 Å². The molecule has 0 amide bonds. The second-order valence-corrected chi connectivity index (χ2v) is 6.48. The molecule has 0 saturated heterocycles. The monoisotopic (exact) mass is 222 g/mol. The summed E-state index contributed by atoms with van der Waals surface area (Å²) in [6.07, 6.45) is 2.69. The Morgan fingerprint density at radius 1 is 0.938 bits per heavy atom. The minimum atomic E-state index is -0.638. The van der Waals surface area contributed by atoms with E-state index >= 15 is 0 Å². The average Bonchev–Trinajstić information content (AvgIpc) is 2.04. The van der Waals surface area contributed by atoms with Crippen LogP contribution < -0.4 is 0 Å². The van der Waals surface area contributed by atoms with Crippen LogP contribution in [0.25, 0.3) is 0 Å². The minimum absolute atomic E-state index is 0.0744. The van der Waals surface area contributed by atoms with Crippen molar-refractivity contribution in [3.8, 4) is 0 Å². The molecular formula is C14H22O2. The van der Waals surface area contributed by atoms with Crippen LogP contribution in [0.1, 0.15) is 41.5 Å². The molecule has 1 N–H and O–H groups in total. The van der Waals surface area contributed by atoms with E-state index < -0.39 is 6.10 Å². The molecule has 90 valence electrons. The van der Waals surface area contributed by atoms with E-state index in [0.717, 1.165) is 0 Å². The molecule has 0 spiro atoms. The van der Waals surface area contributed by atoms with E-state index in [1.807, 2.05) is 41.5 Å². The van der Waals surface area contributed by atoms with Crippen molar-refractivity contribution in [3.05, 3.63) is 23.3 Å². The number of carbonyl (C=O) groups is 1. The van der Waals surface area contributed by atoms with Crippen molar-refractivity contribution in [2.75, 3.05) is 0 Å². The highest BCUT2D eigenvalue weighted by molar-refractivity contribution is 6.10. The van der Waals surface area contributed by atoms with E-state index in [1.54, 1.807) is 12.2 Å². The molecule has 0 fully saturated rings. The molecule has 0 radical (unpaired) electrons. The van der Waals surface area contributed by atoms with Gasteiger partial charge in [0.05, 0.1) is 6.10 Å². The van der Waals surface area contributed by atoms with Gasteiger partial charge in [-0.3, -0.25) is 4.79 Å². The van der Waals surface area contributed by atoms with Crippen LogP contribution in [0.3, 0.4) is 0 Å². The zero-order chi connectivity index (χ0) is 12.7. The summed E-state index contributed by atoms with van der Waals surface area (Å²) in [5, 5.41) is 9.79. The summed E-state index contributed by atoms with van der Waals surface area (Å²) in [6, 6.07) is 0. The Kier molecular flexibility index (Phi) is 3.17. The van der Waals surface area contributed by atoms with E-state index in [9.17, 15) is 9.90 Å². The first-order valence-corrected chi connectivity index (χ1v) is 5.71. The molecule has 0 aliphatic heterocycles. The van der Waals surface area contributed by atoms with Crippen molar-refractivity contribution < 1.29 is 9.90 Å². The van der Waals surface area contributed by atoms with E-state index in [2.05, 4.69) is 0 Å². The smallest absolute Gasteiger partial charge is 0.185 e. The van der Waals surface area contributed by atoms with Gasteiger partial charge in [-0.1, -0.05) is 41.5 Å². The van der Waals surface area contributed by atoms with Gasteiger partial charge in [-0.15, -0.1) is 0 Å². The molecular weight excluding hydrogens is 200 g/mol. The summed E-state index contributed by atoms with van der Waals surface area (Å²) >= 11 is 0. The van der Waals surface area contributed by atoms with Crippen molar-refractivity contribution in [1.29, 1.82) is 0 Å². The molecule has 2 heteroatoms. The maximum absolute atomic E-state index is 12.3. The van der Waals surface area contributed by atoms with E-state index in [0.29, 0.717) is 11.1 Å². The Balaban J connectivity index is 3.18. The predicted molar refractivity (Wildman–Crippen MR) is 66.1 cm³/mol. The zero-order valence-corrected chi connectivity index (χ0v) is 11.1. The van der Waals surface area contributed by atoms with Gasteiger partial charge in [0.2, 0.25) is 0 Å². The first kappa shape index (κ1) is 13.2. The Morgan fingerprint density at radius 3 is 1.50 bits per heavy atom. The van der Waals surface area contributed by atoms with Gasteiger partial charge in [0.1, 0.15) is 0 Å². The quantitative estimate of drug-likeness (QED) is 0.684. The van der Waals surface area contributed by atoms with Crippen LogP contribution in [0.4, 0.5) is 0 Å². The third-order valence-electron chi connectivity index (χ3n) is 2.78. The van der Waals surface area contributed by atoms with Gasteiger partial charge in [-0.2, -0.15) is 0 Å². The van der Waals surface area contributed by atoms with Gasteiger partial charge in [0, 0.05) is 11.1 Å². The number of carbonyl (C=O) groups excluding carboxylic acids is 1. The standard InChI is InChI=1S/C14H22O2/c1-13(2,3)10-7-9(15)8-11(12(10)16)14(4,5)6/h7-9,15H,1-6H3. The SMILES string of the molecule is CC(C)(C)C1=CC(O)C=C(C(C)(C)C)C1=O. The summed E-state index contributed by atoms with van der Waals surface area (Å²) in [4.78, 5) is 12.3. The van der Waals surface area contributed by atoms with Crippen LogP contribution in [0.2, 0.25) is 0 Å². The fourth-order valence-corrected chi connectivity index (χ4v) is 1.87. The van der Waals surface area contributed by atoms with Crippen molar-refractivity contribution in [3.63, 3.8) is 0 Å². The summed E-state index contributed by atoms with van der Waals surface area (Å²) in [6.45, 7) is 12.0. The molecule has 16 heavy (non-hydrogen) atoms. The number of allylic oxidation sites excluding steroid dienone is 2. The second kappa shape index (κ2) is 3.85. The number of hydrogen-bond donors (Lipinski definition) is 1. The normalized spacial score (nSPS) is 19.6. The molecule has 0 atom stereocenters. The van der Waals surface area contributed by atoms with Crippen LogP contribution in [0, 0.1) is 10.8 Å². The van der Waals surface area contributed by atoms with Crippen LogP contribution in [-0.2, 0) is 4.79 Å². The van der Waals surface area contributed by atoms with Crippen molar-refractivity contribution in [1.82, 2.24) is 0 Å². The molecule has 0 aromatic carbocycles. The Labute approximate surface area is 98.1 Å². The average molecular weight is 222 g/mol. The third-order valence-corrected chi connectivity index (χ3v) is 2.78.